The van der Waals surface area contributed by atoms with Crippen LogP contribution in [0.4, 0.5) is 10.8 Å². The number of hydrogen-bond donors (Lipinski definition) is 2. The summed E-state index contributed by atoms with van der Waals surface area (Å²) < 4.78 is 28.1. The molecule has 1 amide bonds. The number of rotatable bonds is 6. The van der Waals surface area contributed by atoms with Crippen molar-refractivity contribution in [3.63, 3.8) is 0 Å². The van der Waals surface area contributed by atoms with Crippen LogP contribution in [0, 0.1) is 13.8 Å². The highest BCUT2D eigenvalue weighted by Crippen LogP contribution is 2.30. The van der Waals surface area contributed by atoms with Crippen molar-refractivity contribution in [2.75, 3.05) is 10.0 Å². The van der Waals surface area contributed by atoms with Gasteiger partial charge in [-0.05, 0) is 43.0 Å². The lowest BCUT2D eigenvalue weighted by Crippen LogP contribution is -2.15. The highest BCUT2D eigenvalue weighted by Gasteiger charge is 2.23. The van der Waals surface area contributed by atoms with Gasteiger partial charge in [0.1, 0.15) is 0 Å². The van der Waals surface area contributed by atoms with E-state index in [2.05, 4.69) is 20.2 Å². The van der Waals surface area contributed by atoms with Gasteiger partial charge >= 0.3 is 0 Å². The van der Waals surface area contributed by atoms with Crippen LogP contribution in [0.3, 0.4) is 0 Å². The molecule has 3 aromatic rings. The zero-order valence-electron chi connectivity index (χ0n) is 16.6. The lowest BCUT2D eigenvalue weighted by atomic mass is 9.99. The molecule has 0 aliphatic carbocycles. The zero-order valence-corrected chi connectivity index (χ0v) is 18.2. The van der Waals surface area contributed by atoms with E-state index in [-0.39, 0.29) is 21.3 Å². The molecule has 0 atom stereocenters. The molecular formula is C20H22N4O3S2. The molecule has 152 valence electrons. The van der Waals surface area contributed by atoms with E-state index in [1.807, 2.05) is 58.0 Å². The third kappa shape index (κ3) is 4.80. The first-order valence-electron chi connectivity index (χ1n) is 9.01. The van der Waals surface area contributed by atoms with Crippen LogP contribution < -0.4 is 10.0 Å². The molecule has 0 aliphatic heterocycles. The largest absolute Gasteiger partial charge is 0.296 e. The van der Waals surface area contributed by atoms with Gasteiger partial charge in [-0.15, -0.1) is 10.2 Å². The molecule has 1 aromatic heterocycles. The van der Waals surface area contributed by atoms with E-state index >= 15 is 0 Å². The Kier molecular flexibility index (Phi) is 5.99. The fourth-order valence-electron chi connectivity index (χ4n) is 2.73. The van der Waals surface area contributed by atoms with Crippen LogP contribution in [0.15, 0.2) is 46.8 Å². The molecule has 0 fully saturated rings. The van der Waals surface area contributed by atoms with Gasteiger partial charge in [-0.2, -0.15) is 8.42 Å². The van der Waals surface area contributed by atoms with Gasteiger partial charge in [0.2, 0.25) is 5.13 Å². The molecule has 2 aromatic carbocycles. The Morgan fingerprint density at radius 3 is 2.38 bits per heavy atom. The molecular weight excluding hydrogens is 408 g/mol. The number of anilines is 2. The first-order valence-corrected chi connectivity index (χ1v) is 11.3. The van der Waals surface area contributed by atoms with Crippen LogP contribution >= 0.6 is 11.3 Å². The first-order chi connectivity index (χ1) is 13.7. The van der Waals surface area contributed by atoms with E-state index < -0.39 is 10.0 Å². The molecule has 0 saturated heterocycles. The average molecular weight is 431 g/mol. The standard InChI is InChI=1S/C20H22N4O3S2/c1-12(2)16-7-5-6-14(4)17(16)24-29(26,27)20-23-22-19(28-20)21-18(25)15-10-8-13(3)9-11-15/h5-12,24H,1-4H3,(H,21,22,25). The van der Waals surface area contributed by atoms with Crippen LogP contribution in [0.1, 0.15) is 46.8 Å². The van der Waals surface area contributed by atoms with Gasteiger partial charge in [0.25, 0.3) is 20.3 Å². The summed E-state index contributed by atoms with van der Waals surface area (Å²) in [5.74, 6) is -0.231. The molecule has 0 bridgehead atoms. The molecule has 1 heterocycles. The van der Waals surface area contributed by atoms with E-state index in [9.17, 15) is 13.2 Å². The topological polar surface area (TPSA) is 101 Å². The van der Waals surface area contributed by atoms with Crippen molar-refractivity contribution >= 4 is 38.1 Å². The molecule has 7 nitrogen and oxygen atoms in total. The Labute approximate surface area is 174 Å². The maximum Gasteiger partial charge on any atom is 0.291 e. The summed E-state index contributed by atoms with van der Waals surface area (Å²) >= 11 is 0.801. The van der Waals surface area contributed by atoms with Gasteiger partial charge in [-0.1, -0.05) is 61.1 Å². The third-order valence-corrected chi connectivity index (χ3v) is 6.89. The number of aryl methyl sites for hydroxylation is 2. The highest BCUT2D eigenvalue weighted by atomic mass is 32.2. The fraction of sp³-hybridized carbons (Fsp3) is 0.250. The van der Waals surface area contributed by atoms with Gasteiger partial charge < -0.3 is 0 Å². The van der Waals surface area contributed by atoms with Crippen molar-refractivity contribution in [3.8, 4) is 0 Å². The van der Waals surface area contributed by atoms with Crippen molar-refractivity contribution in [1.82, 2.24) is 10.2 Å². The number of hydrogen-bond acceptors (Lipinski definition) is 6. The lowest BCUT2D eigenvalue weighted by Gasteiger charge is -2.16. The minimum absolute atomic E-state index is 0.116. The normalized spacial score (nSPS) is 11.5. The van der Waals surface area contributed by atoms with Gasteiger partial charge in [0.05, 0.1) is 5.69 Å². The number of nitrogens with zero attached hydrogens (tertiary/aromatic N) is 2. The number of carbonyl (C=O) groups is 1. The van der Waals surface area contributed by atoms with E-state index in [0.29, 0.717) is 11.3 Å². The van der Waals surface area contributed by atoms with Crippen LogP contribution in [0.5, 0.6) is 0 Å². The Morgan fingerprint density at radius 1 is 1.03 bits per heavy atom. The first kappa shape index (κ1) is 20.9. The molecule has 2 N–H and O–H groups in total. The van der Waals surface area contributed by atoms with Crippen molar-refractivity contribution in [3.05, 3.63) is 64.7 Å². The molecule has 0 radical (unpaired) electrons. The summed E-state index contributed by atoms with van der Waals surface area (Å²) in [7, 11) is -3.93. The second-order valence-corrected chi connectivity index (χ2v) is 9.83. The van der Waals surface area contributed by atoms with Gasteiger partial charge in [0.15, 0.2) is 0 Å². The summed E-state index contributed by atoms with van der Waals surface area (Å²) in [6, 6.07) is 12.7. The van der Waals surface area contributed by atoms with E-state index in [4.69, 9.17) is 0 Å². The fourth-order valence-corrected chi connectivity index (χ4v) is 4.79. The minimum atomic E-state index is -3.93. The molecule has 3 rings (SSSR count). The Hall–Kier alpha value is -2.78. The monoisotopic (exact) mass is 430 g/mol. The Bertz CT molecular complexity index is 1140. The average Bonchev–Trinajstić information content (AvgIpc) is 3.13. The lowest BCUT2D eigenvalue weighted by molar-refractivity contribution is 0.102. The van der Waals surface area contributed by atoms with E-state index in [0.717, 1.165) is 28.0 Å². The van der Waals surface area contributed by atoms with Crippen LogP contribution in [-0.2, 0) is 10.0 Å². The molecule has 0 spiro atoms. The smallest absolute Gasteiger partial charge is 0.291 e. The minimum Gasteiger partial charge on any atom is -0.296 e. The summed E-state index contributed by atoms with van der Waals surface area (Å²) in [6.45, 7) is 7.76. The maximum absolute atomic E-state index is 12.8. The molecule has 29 heavy (non-hydrogen) atoms. The number of para-hydroxylation sites is 1. The zero-order chi connectivity index (χ0) is 21.2. The van der Waals surface area contributed by atoms with Crippen LogP contribution in [-0.4, -0.2) is 24.5 Å². The summed E-state index contributed by atoms with van der Waals surface area (Å²) in [5.41, 5.74) is 3.75. The molecule has 0 aliphatic rings. The maximum atomic E-state index is 12.8. The second kappa shape index (κ2) is 8.30. The summed E-state index contributed by atoms with van der Waals surface area (Å²) in [6.07, 6.45) is 0. The van der Waals surface area contributed by atoms with Crippen molar-refractivity contribution in [2.45, 2.75) is 38.0 Å². The number of sulfonamides is 1. The molecule has 0 saturated carbocycles. The van der Waals surface area contributed by atoms with E-state index in [1.165, 1.54) is 0 Å². The Morgan fingerprint density at radius 2 is 1.72 bits per heavy atom. The predicted molar refractivity (Wildman–Crippen MR) is 115 cm³/mol. The Balaban J connectivity index is 1.81. The van der Waals surface area contributed by atoms with Crippen LogP contribution in [0.2, 0.25) is 0 Å². The number of amides is 1. The van der Waals surface area contributed by atoms with Crippen molar-refractivity contribution in [1.29, 1.82) is 0 Å². The molecule has 0 unspecified atom stereocenters. The number of carbonyl (C=O) groups excluding carboxylic acids is 1. The third-order valence-electron chi connectivity index (χ3n) is 4.33. The van der Waals surface area contributed by atoms with Crippen molar-refractivity contribution < 1.29 is 13.2 Å². The quantitative estimate of drug-likeness (QED) is 0.567. The number of aromatic nitrogens is 2. The van der Waals surface area contributed by atoms with Gasteiger partial charge in [-0.25, -0.2) is 0 Å². The summed E-state index contributed by atoms with van der Waals surface area (Å²) in [5, 5.41) is 10.3. The summed E-state index contributed by atoms with van der Waals surface area (Å²) in [4.78, 5) is 12.3. The highest BCUT2D eigenvalue weighted by molar-refractivity contribution is 7.94. The second-order valence-electron chi connectivity index (χ2n) is 6.99. The van der Waals surface area contributed by atoms with E-state index in [1.54, 1.807) is 12.1 Å². The SMILES string of the molecule is Cc1ccc(C(=O)Nc2nnc(S(=O)(=O)Nc3c(C)cccc3C(C)C)s2)cc1. The predicted octanol–water partition coefficient (Wildman–Crippen LogP) is 4.33. The van der Waals surface area contributed by atoms with Gasteiger partial charge in [-0.3, -0.25) is 14.8 Å². The van der Waals surface area contributed by atoms with Crippen molar-refractivity contribution in [2.24, 2.45) is 0 Å². The van der Waals surface area contributed by atoms with Crippen LogP contribution in [0.25, 0.3) is 0 Å². The number of nitrogens with one attached hydrogen (secondary N) is 2. The number of benzene rings is 2. The molecule has 9 heteroatoms. The van der Waals surface area contributed by atoms with Gasteiger partial charge in [0, 0.05) is 5.56 Å².